The van der Waals surface area contributed by atoms with Crippen LogP contribution in [0.5, 0.6) is 5.75 Å². The normalized spacial score (nSPS) is 23.1. The molecule has 1 aromatic rings. The molecule has 98 valence electrons. The van der Waals surface area contributed by atoms with E-state index in [-0.39, 0.29) is 17.7 Å². The molecule has 1 heterocycles. The standard InChI is InChI=1S/C14H19NO3/c1-8-4-9(2)13(12(5-8)17-3)14(16)10-6-18-7-11(10)15/h4-5,10-11H,6-7,15H2,1-3H3. The predicted molar refractivity (Wildman–Crippen MR) is 69.1 cm³/mol. The maximum absolute atomic E-state index is 12.5. The molecule has 1 aliphatic heterocycles. The highest BCUT2D eigenvalue weighted by Gasteiger charge is 2.34. The Kier molecular flexibility index (Phi) is 3.68. The molecule has 0 bridgehead atoms. The summed E-state index contributed by atoms with van der Waals surface area (Å²) in [5.74, 6) is 0.381. The fourth-order valence-electron chi connectivity index (χ4n) is 2.43. The molecule has 2 atom stereocenters. The van der Waals surface area contributed by atoms with E-state index in [1.807, 2.05) is 26.0 Å². The minimum absolute atomic E-state index is 0.0225. The van der Waals surface area contributed by atoms with E-state index in [0.717, 1.165) is 11.1 Å². The highest BCUT2D eigenvalue weighted by atomic mass is 16.5. The molecule has 1 aromatic carbocycles. The monoisotopic (exact) mass is 249 g/mol. The molecule has 0 radical (unpaired) electrons. The molecule has 2 unspecified atom stereocenters. The molecule has 1 saturated heterocycles. The van der Waals surface area contributed by atoms with Gasteiger partial charge in [-0.1, -0.05) is 6.07 Å². The molecular formula is C14H19NO3. The van der Waals surface area contributed by atoms with Crippen LogP contribution in [-0.4, -0.2) is 32.1 Å². The summed E-state index contributed by atoms with van der Waals surface area (Å²) in [6.07, 6.45) is 0. The van der Waals surface area contributed by atoms with Crippen LogP contribution < -0.4 is 10.5 Å². The molecule has 0 amide bonds. The molecule has 2 N–H and O–H groups in total. The van der Waals surface area contributed by atoms with Crippen molar-refractivity contribution in [2.45, 2.75) is 19.9 Å². The zero-order chi connectivity index (χ0) is 13.3. The predicted octanol–water partition coefficient (Wildman–Crippen LogP) is 1.47. The average molecular weight is 249 g/mol. The van der Waals surface area contributed by atoms with Crippen molar-refractivity contribution in [3.05, 3.63) is 28.8 Å². The lowest BCUT2D eigenvalue weighted by Gasteiger charge is -2.17. The number of aryl methyl sites for hydroxylation is 2. The minimum Gasteiger partial charge on any atom is -0.496 e. The third-order valence-corrected chi connectivity index (χ3v) is 3.37. The highest BCUT2D eigenvalue weighted by Crippen LogP contribution is 2.29. The third kappa shape index (κ3) is 2.26. The van der Waals surface area contributed by atoms with Gasteiger partial charge in [0, 0.05) is 6.04 Å². The Labute approximate surface area is 107 Å². The summed E-state index contributed by atoms with van der Waals surface area (Å²) in [6.45, 7) is 4.75. The van der Waals surface area contributed by atoms with Crippen molar-refractivity contribution in [2.75, 3.05) is 20.3 Å². The van der Waals surface area contributed by atoms with E-state index >= 15 is 0 Å². The number of carbonyl (C=O) groups is 1. The summed E-state index contributed by atoms with van der Waals surface area (Å²) in [5.41, 5.74) is 8.54. The van der Waals surface area contributed by atoms with Crippen LogP contribution in [0, 0.1) is 19.8 Å². The first-order chi connectivity index (χ1) is 8.54. The van der Waals surface area contributed by atoms with Gasteiger partial charge in [-0.05, 0) is 31.0 Å². The summed E-state index contributed by atoms with van der Waals surface area (Å²) in [7, 11) is 1.58. The van der Waals surface area contributed by atoms with Gasteiger partial charge in [-0.25, -0.2) is 0 Å². The van der Waals surface area contributed by atoms with Gasteiger partial charge in [-0.2, -0.15) is 0 Å². The zero-order valence-electron chi connectivity index (χ0n) is 11.0. The van der Waals surface area contributed by atoms with Crippen LogP contribution in [0.1, 0.15) is 21.5 Å². The molecule has 0 aliphatic carbocycles. The van der Waals surface area contributed by atoms with Gasteiger partial charge < -0.3 is 15.2 Å². The molecule has 1 aliphatic rings. The van der Waals surface area contributed by atoms with Crippen LogP contribution in [0.4, 0.5) is 0 Å². The Morgan fingerprint density at radius 3 is 2.67 bits per heavy atom. The number of ether oxygens (including phenoxy) is 2. The molecule has 0 saturated carbocycles. The summed E-state index contributed by atoms with van der Waals surface area (Å²) in [4.78, 5) is 12.5. The molecule has 18 heavy (non-hydrogen) atoms. The largest absolute Gasteiger partial charge is 0.496 e. The average Bonchev–Trinajstić information content (AvgIpc) is 2.73. The van der Waals surface area contributed by atoms with E-state index in [0.29, 0.717) is 24.5 Å². The van der Waals surface area contributed by atoms with E-state index in [1.165, 1.54) is 0 Å². The van der Waals surface area contributed by atoms with Gasteiger partial charge in [0.25, 0.3) is 0 Å². The number of carbonyl (C=O) groups excluding carboxylic acids is 1. The van der Waals surface area contributed by atoms with Crippen molar-refractivity contribution >= 4 is 5.78 Å². The number of benzene rings is 1. The van der Waals surface area contributed by atoms with Gasteiger partial charge in [0.15, 0.2) is 5.78 Å². The molecule has 1 fully saturated rings. The van der Waals surface area contributed by atoms with Crippen molar-refractivity contribution in [3.63, 3.8) is 0 Å². The van der Waals surface area contributed by atoms with Crippen LogP contribution in [0.15, 0.2) is 12.1 Å². The van der Waals surface area contributed by atoms with Gasteiger partial charge in [-0.15, -0.1) is 0 Å². The lowest BCUT2D eigenvalue weighted by molar-refractivity contribution is 0.0892. The van der Waals surface area contributed by atoms with Crippen LogP contribution in [0.2, 0.25) is 0 Å². The first-order valence-corrected chi connectivity index (χ1v) is 6.07. The van der Waals surface area contributed by atoms with Gasteiger partial charge in [0.1, 0.15) is 5.75 Å². The molecule has 4 heteroatoms. The van der Waals surface area contributed by atoms with Gasteiger partial charge in [-0.3, -0.25) is 4.79 Å². The Morgan fingerprint density at radius 1 is 1.39 bits per heavy atom. The molecule has 4 nitrogen and oxygen atoms in total. The lowest BCUT2D eigenvalue weighted by Crippen LogP contribution is -2.34. The fraction of sp³-hybridized carbons (Fsp3) is 0.500. The topological polar surface area (TPSA) is 61.5 Å². The van der Waals surface area contributed by atoms with Gasteiger partial charge in [0.2, 0.25) is 0 Å². The zero-order valence-corrected chi connectivity index (χ0v) is 11.0. The minimum atomic E-state index is -0.264. The molecule has 2 rings (SSSR count). The SMILES string of the molecule is COc1cc(C)cc(C)c1C(=O)C1COCC1N. The second kappa shape index (κ2) is 5.08. The molecular weight excluding hydrogens is 230 g/mol. The van der Waals surface area contributed by atoms with E-state index in [9.17, 15) is 4.79 Å². The second-order valence-electron chi connectivity index (χ2n) is 4.83. The number of nitrogens with two attached hydrogens (primary N) is 1. The van der Waals surface area contributed by atoms with Crippen molar-refractivity contribution in [1.82, 2.24) is 0 Å². The number of ketones is 1. The maximum atomic E-state index is 12.5. The smallest absolute Gasteiger partial charge is 0.173 e. The van der Waals surface area contributed by atoms with Crippen molar-refractivity contribution in [1.29, 1.82) is 0 Å². The first-order valence-electron chi connectivity index (χ1n) is 6.07. The van der Waals surface area contributed by atoms with Crippen molar-refractivity contribution < 1.29 is 14.3 Å². The summed E-state index contributed by atoms with van der Waals surface area (Å²) in [6, 6.07) is 3.64. The van der Waals surface area contributed by atoms with Crippen molar-refractivity contribution in [3.8, 4) is 5.75 Å². The summed E-state index contributed by atoms with van der Waals surface area (Å²) >= 11 is 0. The van der Waals surface area contributed by atoms with Crippen LogP contribution in [0.25, 0.3) is 0 Å². The van der Waals surface area contributed by atoms with E-state index in [4.69, 9.17) is 15.2 Å². The number of rotatable bonds is 3. The maximum Gasteiger partial charge on any atom is 0.173 e. The van der Waals surface area contributed by atoms with Crippen molar-refractivity contribution in [2.24, 2.45) is 11.7 Å². The summed E-state index contributed by atoms with van der Waals surface area (Å²) < 4.78 is 10.6. The molecule has 0 aromatic heterocycles. The van der Waals surface area contributed by atoms with Gasteiger partial charge in [0.05, 0.1) is 31.8 Å². The summed E-state index contributed by atoms with van der Waals surface area (Å²) in [5, 5.41) is 0. The first kappa shape index (κ1) is 13.1. The van der Waals surface area contributed by atoms with E-state index in [1.54, 1.807) is 7.11 Å². The van der Waals surface area contributed by atoms with E-state index < -0.39 is 0 Å². The Balaban J connectivity index is 2.41. The second-order valence-corrected chi connectivity index (χ2v) is 4.83. The van der Waals surface area contributed by atoms with Crippen LogP contribution >= 0.6 is 0 Å². The lowest BCUT2D eigenvalue weighted by atomic mass is 9.90. The number of methoxy groups -OCH3 is 1. The van der Waals surface area contributed by atoms with Crippen LogP contribution in [0.3, 0.4) is 0 Å². The number of hydrogen-bond donors (Lipinski definition) is 1. The Bertz CT molecular complexity index is 470. The van der Waals surface area contributed by atoms with Crippen LogP contribution in [-0.2, 0) is 4.74 Å². The third-order valence-electron chi connectivity index (χ3n) is 3.37. The Hall–Kier alpha value is -1.39. The van der Waals surface area contributed by atoms with Gasteiger partial charge >= 0.3 is 0 Å². The Morgan fingerprint density at radius 2 is 2.11 bits per heavy atom. The quantitative estimate of drug-likeness (QED) is 0.824. The highest BCUT2D eigenvalue weighted by molar-refractivity contribution is 6.02. The fourth-order valence-corrected chi connectivity index (χ4v) is 2.43. The van der Waals surface area contributed by atoms with E-state index in [2.05, 4.69) is 0 Å². The molecule has 0 spiro atoms. The number of hydrogen-bond acceptors (Lipinski definition) is 4. The number of Topliss-reactive ketones (excluding diaryl/α,β-unsaturated/α-hetero) is 1.